The first-order valence-electron chi connectivity index (χ1n) is 8.70. The molecule has 0 fully saturated rings. The molecule has 0 aliphatic heterocycles. The average Bonchev–Trinajstić information content (AvgIpc) is 3.11. The number of hydrogen-bond acceptors (Lipinski definition) is 2. The molecule has 3 aromatic carbocycles. The lowest BCUT2D eigenvalue weighted by molar-refractivity contribution is 1.13. The molecule has 0 atom stereocenters. The van der Waals surface area contributed by atoms with Crippen molar-refractivity contribution in [3.8, 4) is 0 Å². The zero-order valence-electron chi connectivity index (χ0n) is 15.0. The molecule has 0 bridgehead atoms. The summed E-state index contributed by atoms with van der Waals surface area (Å²) in [7, 11) is 4.10. The summed E-state index contributed by atoms with van der Waals surface area (Å²) in [5, 5.41) is 0. The van der Waals surface area contributed by atoms with E-state index >= 15 is 0 Å². The Hall–Kier alpha value is -3.33. The summed E-state index contributed by atoms with van der Waals surface area (Å²) < 4.78 is 0. The smallest absolute Gasteiger partial charge is 0.139 e. The normalized spacial score (nSPS) is 11.7. The number of imidazole rings is 1. The first kappa shape index (κ1) is 16.2. The van der Waals surface area contributed by atoms with E-state index in [-0.39, 0.29) is 0 Å². The maximum Gasteiger partial charge on any atom is 0.139 e. The van der Waals surface area contributed by atoms with E-state index < -0.39 is 0 Å². The van der Waals surface area contributed by atoms with Gasteiger partial charge in [-0.15, -0.1) is 0 Å². The highest BCUT2D eigenvalue weighted by molar-refractivity contribution is 5.91. The van der Waals surface area contributed by atoms with Crippen LogP contribution in [0.25, 0.3) is 22.7 Å². The monoisotopic (exact) mass is 339 g/mol. The van der Waals surface area contributed by atoms with Crippen molar-refractivity contribution in [3.05, 3.63) is 95.8 Å². The van der Waals surface area contributed by atoms with E-state index in [1.165, 1.54) is 5.69 Å². The summed E-state index contributed by atoms with van der Waals surface area (Å²) in [6.45, 7) is 0. The SMILES string of the molecule is CN(C)c1ccc(/C=C(\c2ccccc2)c2nc3ccccc3[nH]2)cc1. The number of nitrogens with one attached hydrogen (secondary N) is 1. The number of anilines is 1. The van der Waals surface area contributed by atoms with Gasteiger partial charge in [0.1, 0.15) is 5.82 Å². The Balaban J connectivity index is 1.83. The zero-order chi connectivity index (χ0) is 17.9. The van der Waals surface area contributed by atoms with Crippen LogP contribution in [0.2, 0.25) is 0 Å². The minimum atomic E-state index is 0.883. The summed E-state index contributed by atoms with van der Waals surface area (Å²) in [6, 6.07) is 27.1. The van der Waals surface area contributed by atoms with Crippen molar-refractivity contribution in [1.82, 2.24) is 9.97 Å². The molecule has 0 aliphatic carbocycles. The number of hydrogen-bond donors (Lipinski definition) is 1. The number of benzene rings is 3. The van der Waals surface area contributed by atoms with Crippen molar-refractivity contribution >= 4 is 28.4 Å². The Morgan fingerprint density at radius 1 is 0.846 bits per heavy atom. The minimum absolute atomic E-state index is 0.883. The van der Waals surface area contributed by atoms with E-state index in [0.717, 1.165) is 33.6 Å². The number of fused-ring (bicyclic) bond motifs is 1. The quantitative estimate of drug-likeness (QED) is 0.517. The van der Waals surface area contributed by atoms with Crippen molar-refractivity contribution in [3.63, 3.8) is 0 Å². The van der Waals surface area contributed by atoms with Gasteiger partial charge in [-0.1, -0.05) is 54.6 Å². The molecule has 0 aliphatic rings. The standard InChI is InChI=1S/C23H21N3/c1-26(2)19-14-12-17(13-15-19)16-20(18-8-4-3-5-9-18)23-24-21-10-6-7-11-22(21)25-23/h3-16H,1-2H3,(H,24,25)/b20-16+. The predicted molar refractivity (Wildman–Crippen MR) is 110 cm³/mol. The zero-order valence-corrected chi connectivity index (χ0v) is 15.0. The van der Waals surface area contributed by atoms with Crippen LogP contribution in [0.3, 0.4) is 0 Å². The van der Waals surface area contributed by atoms with Crippen molar-refractivity contribution in [2.45, 2.75) is 0 Å². The van der Waals surface area contributed by atoms with Crippen molar-refractivity contribution < 1.29 is 0 Å². The van der Waals surface area contributed by atoms with Crippen LogP contribution in [-0.2, 0) is 0 Å². The van der Waals surface area contributed by atoms with E-state index in [1.807, 2.05) is 24.3 Å². The van der Waals surface area contributed by atoms with Gasteiger partial charge >= 0.3 is 0 Å². The largest absolute Gasteiger partial charge is 0.378 e. The molecule has 0 saturated heterocycles. The molecule has 1 N–H and O–H groups in total. The summed E-state index contributed by atoms with van der Waals surface area (Å²) in [5.41, 5.74) is 6.59. The molecule has 0 spiro atoms. The minimum Gasteiger partial charge on any atom is -0.378 e. The average molecular weight is 339 g/mol. The molecule has 0 saturated carbocycles. The third-order valence-electron chi connectivity index (χ3n) is 4.45. The van der Waals surface area contributed by atoms with E-state index in [0.29, 0.717) is 0 Å². The molecule has 0 radical (unpaired) electrons. The Kier molecular flexibility index (Phi) is 4.28. The Labute approximate surface area is 153 Å². The van der Waals surface area contributed by atoms with Gasteiger partial charge in [0.15, 0.2) is 0 Å². The summed E-state index contributed by atoms with van der Waals surface area (Å²) >= 11 is 0. The van der Waals surface area contributed by atoms with Gasteiger partial charge in [0.05, 0.1) is 11.0 Å². The highest BCUT2D eigenvalue weighted by Gasteiger charge is 2.10. The van der Waals surface area contributed by atoms with Crippen LogP contribution in [0.5, 0.6) is 0 Å². The topological polar surface area (TPSA) is 31.9 Å². The number of rotatable bonds is 4. The van der Waals surface area contributed by atoms with Crippen molar-refractivity contribution in [1.29, 1.82) is 0 Å². The van der Waals surface area contributed by atoms with Crippen LogP contribution in [0.15, 0.2) is 78.9 Å². The molecule has 0 unspecified atom stereocenters. The second-order valence-corrected chi connectivity index (χ2v) is 6.51. The maximum atomic E-state index is 4.80. The molecular formula is C23H21N3. The molecule has 128 valence electrons. The molecule has 1 aromatic heterocycles. The lowest BCUT2D eigenvalue weighted by Crippen LogP contribution is -2.07. The molecular weight excluding hydrogens is 318 g/mol. The summed E-state index contributed by atoms with van der Waals surface area (Å²) in [5.74, 6) is 0.883. The van der Waals surface area contributed by atoms with Crippen molar-refractivity contribution in [2.24, 2.45) is 0 Å². The first-order valence-corrected chi connectivity index (χ1v) is 8.70. The van der Waals surface area contributed by atoms with Gasteiger partial charge in [-0.3, -0.25) is 0 Å². The van der Waals surface area contributed by atoms with Gasteiger partial charge in [-0.2, -0.15) is 0 Å². The van der Waals surface area contributed by atoms with E-state index in [4.69, 9.17) is 4.98 Å². The van der Waals surface area contributed by atoms with Gasteiger partial charge < -0.3 is 9.88 Å². The Bertz CT molecular complexity index is 1010. The lowest BCUT2D eigenvalue weighted by atomic mass is 10.0. The van der Waals surface area contributed by atoms with Crippen LogP contribution in [0, 0.1) is 0 Å². The number of H-pyrrole nitrogens is 1. The van der Waals surface area contributed by atoms with E-state index in [9.17, 15) is 0 Å². The number of aromatic nitrogens is 2. The van der Waals surface area contributed by atoms with Crippen LogP contribution in [0.1, 0.15) is 17.0 Å². The Morgan fingerprint density at radius 2 is 1.54 bits per heavy atom. The Morgan fingerprint density at radius 3 is 2.23 bits per heavy atom. The van der Waals surface area contributed by atoms with Crippen LogP contribution < -0.4 is 4.90 Å². The lowest BCUT2D eigenvalue weighted by Gasteiger charge is -2.12. The predicted octanol–water partition coefficient (Wildman–Crippen LogP) is 5.22. The molecule has 0 amide bonds. The van der Waals surface area contributed by atoms with Crippen LogP contribution in [0.4, 0.5) is 5.69 Å². The fourth-order valence-corrected chi connectivity index (χ4v) is 3.02. The number of nitrogens with zero attached hydrogens (tertiary/aromatic N) is 2. The van der Waals surface area contributed by atoms with E-state index in [2.05, 4.69) is 84.7 Å². The molecule has 3 nitrogen and oxygen atoms in total. The maximum absolute atomic E-state index is 4.80. The van der Waals surface area contributed by atoms with E-state index in [1.54, 1.807) is 0 Å². The summed E-state index contributed by atoms with van der Waals surface area (Å²) in [6.07, 6.45) is 2.19. The highest BCUT2D eigenvalue weighted by atomic mass is 15.1. The number of aromatic amines is 1. The third kappa shape index (κ3) is 3.24. The van der Waals surface area contributed by atoms with Crippen LogP contribution in [-0.4, -0.2) is 24.1 Å². The van der Waals surface area contributed by atoms with Crippen LogP contribution >= 0.6 is 0 Å². The van der Waals surface area contributed by atoms with Gasteiger partial charge in [0.2, 0.25) is 0 Å². The van der Waals surface area contributed by atoms with Gasteiger partial charge in [0, 0.05) is 25.4 Å². The molecule has 4 aromatic rings. The van der Waals surface area contributed by atoms with Gasteiger partial charge in [0.25, 0.3) is 0 Å². The molecule has 3 heteroatoms. The number of para-hydroxylation sites is 2. The van der Waals surface area contributed by atoms with Gasteiger partial charge in [-0.25, -0.2) is 4.98 Å². The fourth-order valence-electron chi connectivity index (χ4n) is 3.02. The third-order valence-corrected chi connectivity index (χ3v) is 4.45. The van der Waals surface area contributed by atoms with Crippen molar-refractivity contribution in [2.75, 3.05) is 19.0 Å². The molecule has 4 rings (SSSR count). The second-order valence-electron chi connectivity index (χ2n) is 6.51. The molecule has 26 heavy (non-hydrogen) atoms. The summed E-state index contributed by atoms with van der Waals surface area (Å²) in [4.78, 5) is 10.4. The first-order chi connectivity index (χ1) is 12.7. The highest BCUT2D eigenvalue weighted by Crippen LogP contribution is 2.26. The molecule has 1 heterocycles. The fraction of sp³-hybridized carbons (Fsp3) is 0.0870. The van der Waals surface area contributed by atoms with Gasteiger partial charge in [-0.05, 0) is 41.5 Å². The second kappa shape index (κ2) is 6.89.